The third-order valence-corrected chi connectivity index (χ3v) is 3.44. The molecule has 0 unspecified atom stereocenters. The van der Waals surface area contributed by atoms with Crippen LogP contribution < -0.4 is 10.5 Å². The van der Waals surface area contributed by atoms with Gasteiger partial charge >= 0.3 is 0 Å². The average Bonchev–Trinajstić information content (AvgIpc) is 2.51. The maximum absolute atomic E-state index is 12.3. The Hall–Kier alpha value is -1.85. The monoisotopic (exact) mass is 307 g/mol. The normalized spacial score (nSPS) is 10.6. The summed E-state index contributed by atoms with van der Waals surface area (Å²) in [7, 11) is 1.86. The molecule has 2 rings (SSSR count). The molecule has 5 nitrogen and oxygen atoms in total. The molecule has 1 aromatic heterocycles. The zero-order valence-corrected chi connectivity index (χ0v) is 12.9. The van der Waals surface area contributed by atoms with Crippen LogP contribution >= 0.6 is 11.6 Å². The number of halogens is 1. The number of ether oxygens (including phenoxy) is 1. The quantitative estimate of drug-likeness (QED) is 0.769. The number of aromatic nitrogens is 2. The Labute approximate surface area is 128 Å². The zero-order chi connectivity index (χ0) is 15.2. The Morgan fingerprint density at radius 1 is 1.33 bits per heavy atom. The molecule has 0 N–H and O–H groups in total. The second-order valence-corrected chi connectivity index (χ2v) is 4.89. The van der Waals surface area contributed by atoms with Gasteiger partial charge in [0.15, 0.2) is 0 Å². The van der Waals surface area contributed by atoms with Gasteiger partial charge in [0.05, 0.1) is 24.2 Å². The topological polar surface area (TPSA) is 47.4 Å². The lowest BCUT2D eigenvalue weighted by Crippen LogP contribution is -2.28. The van der Waals surface area contributed by atoms with Crippen LogP contribution in [-0.2, 0) is 4.74 Å². The summed E-state index contributed by atoms with van der Waals surface area (Å²) < 4.78 is 6.59. The van der Waals surface area contributed by atoms with Gasteiger partial charge in [0, 0.05) is 20.2 Å². The van der Waals surface area contributed by atoms with Gasteiger partial charge in [-0.2, -0.15) is 9.78 Å². The van der Waals surface area contributed by atoms with Crippen LogP contribution in [0, 0.1) is 0 Å². The van der Waals surface area contributed by atoms with E-state index in [1.165, 1.54) is 4.68 Å². The number of hydrogen-bond donors (Lipinski definition) is 0. The minimum atomic E-state index is -0.330. The first-order chi connectivity index (χ1) is 10.1. The molecule has 0 radical (unpaired) electrons. The van der Waals surface area contributed by atoms with Crippen molar-refractivity contribution in [2.75, 3.05) is 31.7 Å². The number of hydrogen-bond acceptors (Lipinski definition) is 4. The maximum Gasteiger partial charge on any atom is 0.292 e. The second-order valence-electron chi connectivity index (χ2n) is 4.51. The molecular weight excluding hydrogens is 290 g/mol. The Morgan fingerprint density at radius 2 is 2.05 bits per heavy atom. The third-order valence-electron chi connectivity index (χ3n) is 3.09. The van der Waals surface area contributed by atoms with E-state index in [9.17, 15) is 4.79 Å². The molecule has 0 aliphatic rings. The fourth-order valence-corrected chi connectivity index (χ4v) is 2.18. The van der Waals surface area contributed by atoms with Crippen molar-refractivity contribution in [3.63, 3.8) is 0 Å². The SMILES string of the molecule is CCOCCN(C)c1cnn(-c2ccccc2)c(=O)c1Cl. The molecule has 0 aliphatic heterocycles. The predicted molar refractivity (Wildman–Crippen MR) is 84.6 cm³/mol. The van der Waals surface area contributed by atoms with Gasteiger partial charge in [-0.3, -0.25) is 4.79 Å². The maximum atomic E-state index is 12.3. The van der Waals surface area contributed by atoms with E-state index < -0.39 is 0 Å². The smallest absolute Gasteiger partial charge is 0.292 e. The molecule has 0 amide bonds. The van der Waals surface area contributed by atoms with E-state index in [4.69, 9.17) is 16.3 Å². The van der Waals surface area contributed by atoms with Crippen LogP contribution in [-0.4, -0.2) is 36.6 Å². The molecule has 21 heavy (non-hydrogen) atoms. The van der Waals surface area contributed by atoms with E-state index in [0.29, 0.717) is 31.1 Å². The van der Waals surface area contributed by atoms with E-state index in [2.05, 4.69) is 5.10 Å². The van der Waals surface area contributed by atoms with Crippen molar-refractivity contribution in [2.45, 2.75) is 6.92 Å². The zero-order valence-electron chi connectivity index (χ0n) is 12.1. The van der Waals surface area contributed by atoms with Crippen LogP contribution in [0.3, 0.4) is 0 Å². The van der Waals surface area contributed by atoms with Crippen molar-refractivity contribution >= 4 is 17.3 Å². The number of likely N-dealkylation sites (N-methyl/N-ethyl adjacent to an activating group) is 1. The van der Waals surface area contributed by atoms with Crippen molar-refractivity contribution < 1.29 is 4.74 Å². The van der Waals surface area contributed by atoms with Gasteiger partial charge in [0.1, 0.15) is 5.02 Å². The summed E-state index contributed by atoms with van der Waals surface area (Å²) in [5.74, 6) is 0. The summed E-state index contributed by atoms with van der Waals surface area (Å²) in [6.45, 7) is 3.82. The Kier molecular flexibility index (Phi) is 5.36. The Morgan fingerprint density at radius 3 is 2.71 bits per heavy atom. The fraction of sp³-hybridized carbons (Fsp3) is 0.333. The molecule has 0 bridgehead atoms. The van der Waals surface area contributed by atoms with E-state index >= 15 is 0 Å². The van der Waals surface area contributed by atoms with E-state index in [1.54, 1.807) is 6.20 Å². The number of para-hydroxylation sites is 1. The highest BCUT2D eigenvalue weighted by Crippen LogP contribution is 2.20. The highest BCUT2D eigenvalue weighted by Gasteiger charge is 2.13. The first-order valence-electron chi connectivity index (χ1n) is 6.77. The van der Waals surface area contributed by atoms with Crippen molar-refractivity contribution in [2.24, 2.45) is 0 Å². The van der Waals surface area contributed by atoms with Gasteiger partial charge in [-0.05, 0) is 19.1 Å². The second kappa shape index (κ2) is 7.24. The van der Waals surface area contributed by atoms with Crippen LogP contribution in [0.1, 0.15) is 6.92 Å². The molecule has 0 saturated heterocycles. The lowest BCUT2D eigenvalue weighted by Gasteiger charge is -2.20. The first kappa shape index (κ1) is 15.5. The van der Waals surface area contributed by atoms with Crippen molar-refractivity contribution in [3.8, 4) is 5.69 Å². The van der Waals surface area contributed by atoms with Crippen LogP contribution in [0.5, 0.6) is 0 Å². The van der Waals surface area contributed by atoms with Crippen molar-refractivity contribution in [3.05, 3.63) is 51.9 Å². The van der Waals surface area contributed by atoms with Gasteiger partial charge in [0.2, 0.25) is 0 Å². The summed E-state index contributed by atoms with van der Waals surface area (Å²) >= 11 is 6.20. The van der Waals surface area contributed by atoms with Gasteiger partial charge in [-0.15, -0.1) is 0 Å². The molecule has 0 aliphatic carbocycles. The van der Waals surface area contributed by atoms with Crippen molar-refractivity contribution in [1.29, 1.82) is 0 Å². The highest BCUT2D eigenvalue weighted by molar-refractivity contribution is 6.33. The van der Waals surface area contributed by atoms with Gasteiger partial charge in [-0.1, -0.05) is 29.8 Å². The molecule has 1 aromatic carbocycles. The minimum Gasteiger partial charge on any atom is -0.380 e. The number of anilines is 1. The highest BCUT2D eigenvalue weighted by atomic mass is 35.5. The van der Waals surface area contributed by atoms with Gasteiger partial charge in [-0.25, -0.2) is 0 Å². The first-order valence-corrected chi connectivity index (χ1v) is 7.15. The predicted octanol–water partition coefficient (Wildman–Crippen LogP) is 2.36. The molecule has 2 aromatic rings. The van der Waals surface area contributed by atoms with Crippen LogP contribution in [0.25, 0.3) is 5.69 Å². The summed E-state index contributed by atoms with van der Waals surface area (Å²) in [6, 6.07) is 9.19. The summed E-state index contributed by atoms with van der Waals surface area (Å²) in [5.41, 5.74) is 0.963. The molecule has 0 fully saturated rings. The Bertz CT molecular complexity index is 643. The molecule has 0 saturated carbocycles. The average molecular weight is 308 g/mol. The van der Waals surface area contributed by atoms with E-state index in [1.807, 2.05) is 49.2 Å². The Balaban J connectivity index is 2.28. The number of nitrogens with zero attached hydrogens (tertiary/aromatic N) is 3. The number of benzene rings is 1. The molecule has 0 atom stereocenters. The lowest BCUT2D eigenvalue weighted by molar-refractivity contribution is 0.154. The lowest BCUT2D eigenvalue weighted by atomic mass is 10.3. The van der Waals surface area contributed by atoms with Crippen molar-refractivity contribution in [1.82, 2.24) is 9.78 Å². The standard InChI is InChI=1S/C15H18ClN3O2/c1-3-21-10-9-18(2)13-11-17-19(15(20)14(13)16)12-7-5-4-6-8-12/h4-8,11H,3,9-10H2,1-2H3. The molecular formula is C15H18ClN3O2. The summed E-state index contributed by atoms with van der Waals surface area (Å²) in [5, 5.41) is 4.36. The van der Waals surface area contributed by atoms with Crippen LogP contribution in [0.15, 0.2) is 41.3 Å². The minimum absolute atomic E-state index is 0.160. The van der Waals surface area contributed by atoms with Crippen LogP contribution in [0.4, 0.5) is 5.69 Å². The van der Waals surface area contributed by atoms with Gasteiger partial charge in [0.25, 0.3) is 5.56 Å². The summed E-state index contributed by atoms with van der Waals surface area (Å²) in [6.07, 6.45) is 1.60. The largest absolute Gasteiger partial charge is 0.380 e. The van der Waals surface area contributed by atoms with Crippen LogP contribution in [0.2, 0.25) is 5.02 Å². The number of rotatable bonds is 6. The molecule has 0 spiro atoms. The summed E-state index contributed by atoms with van der Waals surface area (Å²) in [4.78, 5) is 14.2. The van der Waals surface area contributed by atoms with E-state index in [-0.39, 0.29) is 10.6 Å². The molecule has 112 valence electrons. The fourth-order valence-electron chi connectivity index (χ4n) is 1.91. The molecule has 6 heteroatoms. The van der Waals surface area contributed by atoms with Gasteiger partial charge < -0.3 is 9.64 Å². The third kappa shape index (κ3) is 3.62. The van der Waals surface area contributed by atoms with E-state index in [0.717, 1.165) is 0 Å². The molecule has 1 heterocycles.